The number of hydrogen-bond donors (Lipinski definition) is 0. The summed E-state index contributed by atoms with van der Waals surface area (Å²) < 4.78 is 9.00. The second-order valence-corrected chi connectivity index (χ2v) is 6.46. The van der Waals surface area contributed by atoms with Crippen molar-refractivity contribution in [1.82, 2.24) is 14.3 Å². The van der Waals surface area contributed by atoms with Crippen molar-refractivity contribution in [1.29, 1.82) is 0 Å². The quantitative estimate of drug-likeness (QED) is 0.851. The maximum atomic E-state index is 12.6. The van der Waals surface area contributed by atoms with Crippen molar-refractivity contribution in [2.45, 2.75) is 33.2 Å². The third-order valence-electron chi connectivity index (χ3n) is 4.02. The third-order valence-corrected chi connectivity index (χ3v) is 4.02. The molecule has 0 N–H and O–H groups in total. The van der Waals surface area contributed by atoms with Crippen LogP contribution in [0.3, 0.4) is 0 Å². The zero-order valence-corrected chi connectivity index (χ0v) is 13.2. The molecule has 1 aliphatic heterocycles. The Hall–Kier alpha value is -1.88. The number of aromatic nitrogens is 3. The minimum atomic E-state index is 0.0555. The molecule has 0 saturated carbocycles. The fourth-order valence-corrected chi connectivity index (χ4v) is 2.91. The van der Waals surface area contributed by atoms with Gasteiger partial charge in [0.25, 0.3) is 5.56 Å². The van der Waals surface area contributed by atoms with Crippen LogP contribution in [0, 0.1) is 11.8 Å². The topological polar surface area (TPSA) is 49.0 Å². The molecular weight excluding hydrogens is 278 g/mol. The van der Waals surface area contributed by atoms with Crippen LogP contribution >= 0.6 is 0 Å². The number of nitrogens with zero attached hydrogens (tertiary/aromatic N) is 3. The molecule has 0 aromatic carbocycles. The highest BCUT2D eigenvalue weighted by atomic mass is 16.5. The summed E-state index contributed by atoms with van der Waals surface area (Å²) in [7, 11) is 0. The lowest BCUT2D eigenvalue weighted by atomic mass is 10.0. The molecule has 0 amide bonds. The van der Waals surface area contributed by atoms with Crippen LogP contribution in [-0.2, 0) is 17.7 Å². The molecule has 2 aromatic rings. The molecule has 0 unspecified atom stereocenters. The minimum Gasteiger partial charge on any atom is -0.381 e. The molecule has 22 heavy (non-hydrogen) atoms. The average molecular weight is 301 g/mol. The SMILES string of the molecule is CC(C)Cc1cccn(-c2cnn(C[C@H]3CCOC3)c2)c1=O. The van der Waals surface area contributed by atoms with Crippen LogP contribution in [0.2, 0.25) is 0 Å². The van der Waals surface area contributed by atoms with Crippen LogP contribution in [-0.4, -0.2) is 27.6 Å². The van der Waals surface area contributed by atoms with Gasteiger partial charge in [0.2, 0.25) is 0 Å². The van der Waals surface area contributed by atoms with Crippen LogP contribution < -0.4 is 5.56 Å². The zero-order valence-electron chi connectivity index (χ0n) is 13.2. The van der Waals surface area contributed by atoms with Gasteiger partial charge in [-0.1, -0.05) is 19.9 Å². The Morgan fingerprint density at radius 3 is 3.05 bits per heavy atom. The van der Waals surface area contributed by atoms with Crippen LogP contribution in [0.25, 0.3) is 5.69 Å². The molecule has 1 saturated heterocycles. The highest BCUT2D eigenvalue weighted by molar-refractivity contribution is 5.28. The predicted molar refractivity (Wildman–Crippen MR) is 85.3 cm³/mol. The standard InChI is InChI=1S/C17H23N3O2/c1-13(2)8-15-4-3-6-20(17(15)21)16-9-18-19(11-16)10-14-5-7-22-12-14/h3-4,6,9,11,13-14H,5,7-8,10,12H2,1-2H3/t14-/m1/s1. The van der Waals surface area contributed by atoms with Crippen LogP contribution in [0.15, 0.2) is 35.5 Å². The summed E-state index contributed by atoms with van der Waals surface area (Å²) in [5.74, 6) is 0.991. The smallest absolute Gasteiger partial charge is 0.258 e. The highest BCUT2D eigenvalue weighted by Crippen LogP contribution is 2.15. The van der Waals surface area contributed by atoms with Gasteiger partial charge in [-0.3, -0.25) is 14.0 Å². The second kappa shape index (κ2) is 6.48. The lowest BCUT2D eigenvalue weighted by Gasteiger charge is -2.08. The first-order valence-corrected chi connectivity index (χ1v) is 7.94. The van der Waals surface area contributed by atoms with Gasteiger partial charge < -0.3 is 4.74 Å². The fraction of sp³-hybridized carbons (Fsp3) is 0.529. The summed E-state index contributed by atoms with van der Waals surface area (Å²) in [5.41, 5.74) is 1.74. The van der Waals surface area contributed by atoms with Gasteiger partial charge in [0.1, 0.15) is 0 Å². The first kappa shape index (κ1) is 15.0. The number of pyridine rings is 1. The number of rotatable bonds is 5. The molecule has 1 aliphatic rings. The van der Waals surface area contributed by atoms with Gasteiger partial charge in [-0.05, 0) is 24.8 Å². The van der Waals surface area contributed by atoms with E-state index >= 15 is 0 Å². The van der Waals surface area contributed by atoms with Crippen molar-refractivity contribution >= 4 is 0 Å². The number of ether oxygens (including phenoxy) is 1. The van der Waals surface area contributed by atoms with Crippen molar-refractivity contribution in [3.8, 4) is 5.69 Å². The zero-order chi connectivity index (χ0) is 15.5. The second-order valence-electron chi connectivity index (χ2n) is 6.46. The Balaban J connectivity index is 1.82. The van der Waals surface area contributed by atoms with Gasteiger partial charge in [-0.25, -0.2) is 0 Å². The monoisotopic (exact) mass is 301 g/mol. The molecule has 0 aliphatic carbocycles. The van der Waals surface area contributed by atoms with E-state index in [4.69, 9.17) is 4.74 Å². The number of hydrogen-bond acceptors (Lipinski definition) is 3. The molecule has 5 heteroatoms. The summed E-state index contributed by atoms with van der Waals surface area (Å²) in [6.07, 6.45) is 7.40. The van der Waals surface area contributed by atoms with E-state index in [1.54, 1.807) is 10.8 Å². The Bertz CT molecular complexity index is 681. The Labute approximate surface area is 130 Å². The van der Waals surface area contributed by atoms with Gasteiger partial charge in [-0.15, -0.1) is 0 Å². The van der Waals surface area contributed by atoms with E-state index < -0.39 is 0 Å². The highest BCUT2D eigenvalue weighted by Gasteiger charge is 2.17. The van der Waals surface area contributed by atoms with Crippen molar-refractivity contribution < 1.29 is 4.74 Å². The maximum absolute atomic E-state index is 12.6. The van der Waals surface area contributed by atoms with Crippen molar-refractivity contribution in [3.63, 3.8) is 0 Å². The molecule has 1 atom stereocenters. The van der Waals surface area contributed by atoms with Crippen molar-refractivity contribution in [2.75, 3.05) is 13.2 Å². The van der Waals surface area contributed by atoms with Crippen molar-refractivity contribution in [3.05, 3.63) is 46.6 Å². The summed E-state index contributed by atoms with van der Waals surface area (Å²) in [5, 5.41) is 4.39. The van der Waals surface area contributed by atoms with Crippen LogP contribution in [0.4, 0.5) is 0 Å². The third kappa shape index (κ3) is 3.30. The summed E-state index contributed by atoms with van der Waals surface area (Å²) >= 11 is 0. The molecule has 118 valence electrons. The fourth-order valence-electron chi connectivity index (χ4n) is 2.91. The van der Waals surface area contributed by atoms with E-state index in [1.807, 2.05) is 29.2 Å². The molecule has 2 aromatic heterocycles. The van der Waals surface area contributed by atoms with Gasteiger partial charge in [0.05, 0.1) is 18.5 Å². The lowest BCUT2D eigenvalue weighted by molar-refractivity contribution is 0.181. The summed E-state index contributed by atoms with van der Waals surface area (Å²) in [4.78, 5) is 12.6. The maximum Gasteiger partial charge on any atom is 0.258 e. The molecule has 1 fully saturated rings. The van der Waals surface area contributed by atoms with Gasteiger partial charge in [0.15, 0.2) is 0 Å². The molecule has 5 nitrogen and oxygen atoms in total. The van der Waals surface area contributed by atoms with Crippen LogP contribution in [0.5, 0.6) is 0 Å². The Kier molecular flexibility index (Phi) is 4.43. The van der Waals surface area contributed by atoms with Crippen LogP contribution in [0.1, 0.15) is 25.8 Å². The van der Waals surface area contributed by atoms with Gasteiger partial charge in [0, 0.05) is 37.0 Å². The molecule has 0 radical (unpaired) electrons. The first-order chi connectivity index (χ1) is 10.6. The van der Waals surface area contributed by atoms with E-state index in [9.17, 15) is 4.79 Å². The largest absolute Gasteiger partial charge is 0.381 e. The van der Waals surface area contributed by atoms with Gasteiger partial charge >= 0.3 is 0 Å². The van der Waals surface area contributed by atoms with E-state index in [1.165, 1.54) is 0 Å². The Morgan fingerprint density at radius 1 is 1.45 bits per heavy atom. The average Bonchev–Trinajstić information content (AvgIpc) is 3.13. The van der Waals surface area contributed by atoms with Gasteiger partial charge in [-0.2, -0.15) is 5.10 Å². The van der Waals surface area contributed by atoms with Crippen molar-refractivity contribution in [2.24, 2.45) is 11.8 Å². The summed E-state index contributed by atoms with van der Waals surface area (Å²) in [6.45, 7) is 6.74. The van der Waals surface area contributed by atoms with E-state index in [0.29, 0.717) is 11.8 Å². The normalized spacial score (nSPS) is 18.2. The minimum absolute atomic E-state index is 0.0555. The molecular formula is C17H23N3O2. The van der Waals surface area contributed by atoms with E-state index in [-0.39, 0.29) is 5.56 Å². The molecule has 0 spiro atoms. The first-order valence-electron chi connectivity index (χ1n) is 7.94. The molecule has 3 rings (SSSR count). The summed E-state index contributed by atoms with van der Waals surface area (Å²) in [6, 6.07) is 3.85. The molecule has 0 bridgehead atoms. The van der Waals surface area contributed by atoms with E-state index in [0.717, 1.165) is 43.9 Å². The van der Waals surface area contributed by atoms with E-state index in [2.05, 4.69) is 18.9 Å². The molecule has 3 heterocycles. The lowest BCUT2D eigenvalue weighted by Crippen LogP contribution is -2.22. The predicted octanol–water partition coefficient (Wildman–Crippen LogP) is 2.27. The Morgan fingerprint density at radius 2 is 2.32 bits per heavy atom.